The van der Waals surface area contributed by atoms with Crippen molar-refractivity contribution < 1.29 is 0 Å². The fraction of sp³-hybridized carbons (Fsp3) is 0.538. The van der Waals surface area contributed by atoms with Crippen LogP contribution in [0.1, 0.15) is 37.6 Å². The van der Waals surface area contributed by atoms with Gasteiger partial charge in [0.05, 0.1) is 24.3 Å². The number of nitrogens with one attached hydrogen (secondary N) is 1. The lowest BCUT2D eigenvalue weighted by atomic mass is 10.1. The zero-order valence-electron chi connectivity index (χ0n) is 11.3. The molecule has 1 N–H and O–H groups in total. The van der Waals surface area contributed by atoms with Gasteiger partial charge in [-0.15, -0.1) is 0 Å². The highest BCUT2D eigenvalue weighted by molar-refractivity contribution is 5.22. The van der Waals surface area contributed by atoms with Gasteiger partial charge in [-0.05, 0) is 13.0 Å². The predicted molar refractivity (Wildman–Crippen MR) is 71.2 cm³/mol. The largest absolute Gasteiger partial charge is 0.340 e. The third-order valence-electron chi connectivity index (χ3n) is 2.87. The maximum Gasteiger partial charge on any atom is 0.0947 e. The van der Waals surface area contributed by atoms with Crippen LogP contribution < -0.4 is 5.32 Å². The van der Waals surface area contributed by atoms with E-state index in [2.05, 4.69) is 35.4 Å². The van der Waals surface area contributed by atoms with E-state index in [1.165, 1.54) is 5.56 Å². The number of hydrogen-bond acceptors (Lipinski definition) is 3. The van der Waals surface area contributed by atoms with Crippen LogP contribution in [0.4, 0.5) is 0 Å². The Balaban J connectivity index is 2.23. The van der Waals surface area contributed by atoms with Gasteiger partial charge in [-0.25, -0.2) is 4.98 Å². The summed E-state index contributed by atoms with van der Waals surface area (Å²) in [5.41, 5.74) is 2.21. The summed E-state index contributed by atoms with van der Waals surface area (Å²) in [6.07, 6.45) is 9.00. The van der Waals surface area contributed by atoms with Crippen LogP contribution in [0.2, 0.25) is 0 Å². The molecule has 1 unspecified atom stereocenters. The zero-order valence-corrected chi connectivity index (χ0v) is 11.3. The van der Waals surface area contributed by atoms with Crippen LogP contribution in [0.3, 0.4) is 0 Å². The second kappa shape index (κ2) is 5.82. The molecule has 1 atom stereocenters. The molecule has 5 nitrogen and oxygen atoms in total. The Morgan fingerprint density at radius 1 is 1.33 bits per heavy atom. The fourth-order valence-electron chi connectivity index (χ4n) is 2.06. The summed E-state index contributed by atoms with van der Waals surface area (Å²) in [4.78, 5) is 4.43. The number of hydrogen-bond donors (Lipinski definition) is 1. The van der Waals surface area contributed by atoms with Crippen LogP contribution in [-0.4, -0.2) is 25.9 Å². The van der Waals surface area contributed by atoms with Gasteiger partial charge in [0.1, 0.15) is 0 Å². The summed E-state index contributed by atoms with van der Waals surface area (Å²) in [7, 11) is 1.99. The molecule has 0 aliphatic rings. The first-order valence-electron chi connectivity index (χ1n) is 6.48. The van der Waals surface area contributed by atoms with E-state index < -0.39 is 0 Å². The smallest absolute Gasteiger partial charge is 0.0947 e. The molecule has 0 bridgehead atoms. The molecule has 0 aromatic carbocycles. The quantitative estimate of drug-likeness (QED) is 0.845. The van der Waals surface area contributed by atoms with Gasteiger partial charge in [0.2, 0.25) is 0 Å². The summed E-state index contributed by atoms with van der Waals surface area (Å²) < 4.78 is 3.96. The first kappa shape index (κ1) is 12.8. The number of aryl methyl sites for hydroxylation is 2. The molecule has 2 aromatic heterocycles. The Morgan fingerprint density at radius 2 is 2.17 bits per heavy atom. The molecule has 5 heteroatoms. The normalized spacial score (nSPS) is 12.8. The average molecular weight is 247 g/mol. The van der Waals surface area contributed by atoms with Crippen molar-refractivity contribution in [1.82, 2.24) is 24.6 Å². The summed E-state index contributed by atoms with van der Waals surface area (Å²) >= 11 is 0. The second-order valence-electron chi connectivity index (χ2n) is 4.49. The van der Waals surface area contributed by atoms with Crippen molar-refractivity contribution in [1.29, 1.82) is 0 Å². The molecular weight excluding hydrogens is 226 g/mol. The number of imidazole rings is 1. The van der Waals surface area contributed by atoms with Gasteiger partial charge >= 0.3 is 0 Å². The summed E-state index contributed by atoms with van der Waals surface area (Å²) in [6, 6.07) is 0.127. The minimum Gasteiger partial charge on any atom is -0.340 e. The van der Waals surface area contributed by atoms with Crippen LogP contribution in [0.15, 0.2) is 24.9 Å². The van der Waals surface area contributed by atoms with Crippen LogP contribution in [-0.2, 0) is 13.6 Å². The molecule has 2 rings (SSSR count). The molecule has 0 saturated heterocycles. The second-order valence-corrected chi connectivity index (χ2v) is 4.49. The zero-order chi connectivity index (χ0) is 13.0. The number of nitrogens with zero attached hydrogens (tertiary/aromatic N) is 4. The highest BCUT2D eigenvalue weighted by Gasteiger charge is 2.17. The van der Waals surface area contributed by atoms with E-state index in [1.807, 2.05) is 35.0 Å². The molecule has 0 aliphatic carbocycles. The highest BCUT2D eigenvalue weighted by atomic mass is 15.3. The van der Waals surface area contributed by atoms with Crippen molar-refractivity contribution in [2.75, 3.05) is 6.54 Å². The third kappa shape index (κ3) is 2.79. The molecule has 98 valence electrons. The van der Waals surface area contributed by atoms with E-state index in [-0.39, 0.29) is 6.04 Å². The Kier molecular flexibility index (Phi) is 4.15. The van der Waals surface area contributed by atoms with E-state index >= 15 is 0 Å². The maximum atomic E-state index is 4.43. The lowest BCUT2D eigenvalue weighted by Crippen LogP contribution is -2.22. The molecule has 0 aliphatic heterocycles. The van der Waals surface area contributed by atoms with Gasteiger partial charge in [0, 0.05) is 31.5 Å². The maximum absolute atomic E-state index is 4.43. The lowest BCUT2D eigenvalue weighted by Gasteiger charge is -2.13. The topological polar surface area (TPSA) is 47.7 Å². The van der Waals surface area contributed by atoms with Crippen molar-refractivity contribution >= 4 is 0 Å². The molecule has 0 spiro atoms. The van der Waals surface area contributed by atoms with Crippen molar-refractivity contribution in [2.45, 2.75) is 32.9 Å². The van der Waals surface area contributed by atoms with Crippen LogP contribution in [0.5, 0.6) is 0 Å². The van der Waals surface area contributed by atoms with E-state index in [0.29, 0.717) is 0 Å². The van der Waals surface area contributed by atoms with Gasteiger partial charge in [0.15, 0.2) is 0 Å². The molecule has 0 saturated carbocycles. The van der Waals surface area contributed by atoms with E-state index in [0.717, 1.165) is 25.2 Å². The average Bonchev–Trinajstić information content (AvgIpc) is 2.96. The number of aromatic nitrogens is 4. The Labute approximate surface area is 108 Å². The monoisotopic (exact) mass is 247 g/mol. The summed E-state index contributed by atoms with van der Waals surface area (Å²) in [5, 5.41) is 7.84. The van der Waals surface area contributed by atoms with Crippen molar-refractivity contribution in [3.8, 4) is 0 Å². The van der Waals surface area contributed by atoms with Crippen LogP contribution in [0, 0.1) is 0 Å². The molecule has 2 aromatic rings. The molecular formula is C13H21N5. The minimum atomic E-state index is 0.127. The van der Waals surface area contributed by atoms with Gasteiger partial charge in [-0.3, -0.25) is 4.68 Å². The number of rotatable bonds is 6. The van der Waals surface area contributed by atoms with E-state index in [9.17, 15) is 0 Å². The van der Waals surface area contributed by atoms with Crippen LogP contribution >= 0.6 is 0 Å². The van der Waals surface area contributed by atoms with E-state index in [4.69, 9.17) is 0 Å². The Bertz CT molecular complexity index is 485. The highest BCUT2D eigenvalue weighted by Crippen LogP contribution is 2.19. The van der Waals surface area contributed by atoms with Gasteiger partial charge in [-0.1, -0.05) is 13.8 Å². The summed E-state index contributed by atoms with van der Waals surface area (Å²) in [5.74, 6) is 0. The van der Waals surface area contributed by atoms with Crippen molar-refractivity contribution in [3.63, 3.8) is 0 Å². The first-order valence-corrected chi connectivity index (χ1v) is 6.48. The Hall–Kier alpha value is -1.62. The standard InChI is InChI=1S/C13H21N5/c1-4-6-18-8-11(7-16-18)13(14-5-2)12-9-17(3)10-15-12/h7-10,13-14H,4-6H2,1-3H3. The molecule has 0 radical (unpaired) electrons. The third-order valence-corrected chi connectivity index (χ3v) is 2.87. The molecule has 0 fully saturated rings. The van der Waals surface area contributed by atoms with Gasteiger partial charge in [-0.2, -0.15) is 5.10 Å². The Morgan fingerprint density at radius 3 is 2.78 bits per heavy atom. The summed E-state index contributed by atoms with van der Waals surface area (Å²) in [6.45, 7) is 6.12. The van der Waals surface area contributed by atoms with Gasteiger partial charge < -0.3 is 9.88 Å². The van der Waals surface area contributed by atoms with E-state index in [1.54, 1.807) is 0 Å². The molecule has 18 heavy (non-hydrogen) atoms. The SMILES string of the molecule is CCCn1cc(C(NCC)c2cn(C)cn2)cn1. The van der Waals surface area contributed by atoms with Gasteiger partial charge in [0.25, 0.3) is 0 Å². The minimum absolute atomic E-state index is 0.127. The fourth-order valence-corrected chi connectivity index (χ4v) is 2.06. The van der Waals surface area contributed by atoms with Crippen LogP contribution in [0.25, 0.3) is 0 Å². The predicted octanol–water partition coefficient (Wildman–Crippen LogP) is 1.73. The van der Waals surface area contributed by atoms with Crippen molar-refractivity contribution in [2.24, 2.45) is 7.05 Å². The molecule has 2 heterocycles. The molecule has 0 amide bonds. The van der Waals surface area contributed by atoms with Crippen molar-refractivity contribution in [3.05, 3.63) is 36.2 Å². The first-order chi connectivity index (χ1) is 8.74. The lowest BCUT2D eigenvalue weighted by molar-refractivity contribution is 0.595.